The van der Waals surface area contributed by atoms with Crippen molar-refractivity contribution in [3.05, 3.63) is 72.9 Å². The average molecular weight is 1220 g/mol. The second kappa shape index (κ2) is 66.5. The lowest BCUT2D eigenvalue weighted by Gasteiger charge is -2.40. The highest BCUT2D eigenvalue weighted by molar-refractivity contribution is 5.76. The van der Waals surface area contributed by atoms with Crippen LogP contribution in [0.25, 0.3) is 0 Å². The maximum absolute atomic E-state index is 13.2. The lowest BCUT2D eigenvalue weighted by Crippen LogP contribution is -2.60. The molecule has 0 aliphatic carbocycles. The van der Waals surface area contributed by atoms with Crippen LogP contribution in [0.2, 0.25) is 0 Å². The van der Waals surface area contributed by atoms with Gasteiger partial charge in [-0.2, -0.15) is 0 Å². The van der Waals surface area contributed by atoms with Gasteiger partial charge in [0.2, 0.25) is 5.91 Å². The molecule has 7 unspecified atom stereocenters. The fourth-order valence-electron chi connectivity index (χ4n) is 12.0. The standard InChI is InChI=1S/C78H143NO8/c1-3-5-7-9-11-13-15-17-19-21-23-25-27-29-30-31-32-33-34-35-36-37-38-39-40-41-42-44-46-48-50-52-54-56-58-60-62-64-66-68-74(82)79-71(70-86-78-77(85)76(84)75(83)73(69-80)87-78)72(81)67-65-63-61-59-57-55-53-51-49-47-45-43-28-26-24-22-20-18-16-14-12-10-8-6-4-2/h5,7,11,13,17,19,23,25,29-30,32-33,71-73,75-78,80-81,83-85H,3-4,6,8-10,12,14-16,18,20-22,24,26-28,31,34-70H2,1-2H3,(H,79,82)/b7-5-,13-11-,19-17-,25-23-,30-29-,33-32-. The number of aliphatic hydroxyl groups excluding tert-OH is 5. The second-order valence-electron chi connectivity index (χ2n) is 26.1. The normalized spacial score (nSPS) is 18.4. The molecule has 0 aromatic carbocycles. The fraction of sp³-hybridized carbons (Fsp3) is 0.833. The van der Waals surface area contributed by atoms with Crippen molar-refractivity contribution in [2.45, 2.75) is 403 Å². The molecular formula is C78H143NO8. The summed E-state index contributed by atoms with van der Waals surface area (Å²) in [5, 5.41) is 55.0. The van der Waals surface area contributed by atoms with Crippen molar-refractivity contribution in [1.82, 2.24) is 5.32 Å². The molecule has 87 heavy (non-hydrogen) atoms. The number of ether oxygens (including phenoxy) is 2. The van der Waals surface area contributed by atoms with Crippen LogP contribution in [0.5, 0.6) is 0 Å². The molecule has 1 fully saturated rings. The summed E-state index contributed by atoms with van der Waals surface area (Å²) in [6.45, 7) is 3.77. The minimum Gasteiger partial charge on any atom is -0.394 e. The largest absolute Gasteiger partial charge is 0.394 e. The van der Waals surface area contributed by atoms with Crippen LogP contribution in [0.15, 0.2) is 72.9 Å². The van der Waals surface area contributed by atoms with Gasteiger partial charge in [0, 0.05) is 6.42 Å². The van der Waals surface area contributed by atoms with Crippen LogP contribution >= 0.6 is 0 Å². The van der Waals surface area contributed by atoms with E-state index in [1.165, 1.54) is 257 Å². The highest BCUT2D eigenvalue weighted by atomic mass is 16.7. The maximum atomic E-state index is 13.2. The number of carbonyl (C=O) groups is 1. The maximum Gasteiger partial charge on any atom is 0.220 e. The van der Waals surface area contributed by atoms with E-state index >= 15 is 0 Å². The van der Waals surface area contributed by atoms with Crippen molar-refractivity contribution in [2.75, 3.05) is 13.2 Å². The zero-order chi connectivity index (χ0) is 62.8. The lowest BCUT2D eigenvalue weighted by molar-refractivity contribution is -0.302. The first-order valence-corrected chi connectivity index (χ1v) is 37.6. The number of aliphatic hydroxyl groups is 5. The molecule has 0 spiro atoms. The molecule has 1 saturated heterocycles. The quantitative estimate of drug-likeness (QED) is 0.0261. The first kappa shape index (κ1) is 82.6. The molecule has 0 radical (unpaired) electrons. The third-order valence-corrected chi connectivity index (χ3v) is 17.8. The number of nitrogens with one attached hydrogen (secondary N) is 1. The van der Waals surface area contributed by atoms with E-state index in [9.17, 15) is 30.3 Å². The molecule has 0 aromatic rings. The third kappa shape index (κ3) is 55.0. The van der Waals surface area contributed by atoms with Gasteiger partial charge < -0.3 is 40.3 Å². The monoisotopic (exact) mass is 1220 g/mol. The van der Waals surface area contributed by atoms with Crippen LogP contribution in [0.4, 0.5) is 0 Å². The van der Waals surface area contributed by atoms with Gasteiger partial charge in [0.25, 0.3) is 0 Å². The van der Waals surface area contributed by atoms with Crippen LogP contribution < -0.4 is 5.32 Å². The Morgan fingerprint density at radius 3 is 1.06 bits per heavy atom. The molecule has 1 aliphatic heterocycles. The van der Waals surface area contributed by atoms with Crippen LogP contribution in [-0.4, -0.2) is 87.5 Å². The van der Waals surface area contributed by atoms with E-state index in [2.05, 4.69) is 92.1 Å². The smallest absolute Gasteiger partial charge is 0.220 e. The minimum atomic E-state index is -1.56. The van der Waals surface area contributed by atoms with Crippen molar-refractivity contribution < 1.29 is 39.8 Å². The molecule has 9 heteroatoms. The van der Waals surface area contributed by atoms with Gasteiger partial charge in [0.15, 0.2) is 6.29 Å². The SMILES string of the molecule is CC/C=C\C/C=C\C/C=C\C/C=C\C/C=C\C/C=C\CCCCCCCCCCCCCCCCCCCCCCC(=O)NC(COC1OC(CO)C(O)C(O)C1O)C(O)CCCCCCCCCCCCCCCCCCCCCCCCCCC. The van der Waals surface area contributed by atoms with Crippen molar-refractivity contribution in [3.8, 4) is 0 Å². The van der Waals surface area contributed by atoms with Crippen molar-refractivity contribution in [2.24, 2.45) is 0 Å². The van der Waals surface area contributed by atoms with Crippen LogP contribution in [0.3, 0.4) is 0 Å². The molecule has 1 heterocycles. The fourth-order valence-corrected chi connectivity index (χ4v) is 12.0. The van der Waals surface area contributed by atoms with Crippen LogP contribution in [-0.2, 0) is 14.3 Å². The van der Waals surface area contributed by atoms with Gasteiger partial charge in [-0.25, -0.2) is 0 Å². The molecule has 6 N–H and O–H groups in total. The number of carbonyl (C=O) groups excluding carboxylic acids is 1. The Kier molecular flexibility index (Phi) is 63.2. The summed E-state index contributed by atoms with van der Waals surface area (Å²) >= 11 is 0. The third-order valence-electron chi connectivity index (χ3n) is 17.8. The van der Waals surface area contributed by atoms with Gasteiger partial charge >= 0.3 is 0 Å². The summed E-state index contributed by atoms with van der Waals surface area (Å²) in [6, 6.07) is -0.721. The molecule has 1 amide bonds. The molecule has 0 aromatic heterocycles. The van der Waals surface area contributed by atoms with E-state index in [1.54, 1.807) is 0 Å². The van der Waals surface area contributed by atoms with E-state index < -0.39 is 49.5 Å². The highest BCUT2D eigenvalue weighted by Crippen LogP contribution is 2.24. The molecule has 9 nitrogen and oxygen atoms in total. The summed E-state index contributed by atoms with van der Waals surface area (Å²) < 4.78 is 11.4. The average Bonchev–Trinajstić information content (AvgIpc) is 3.38. The molecule has 1 aliphatic rings. The van der Waals surface area contributed by atoms with E-state index in [1.807, 2.05) is 0 Å². The molecule has 0 bridgehead atoms. The van der Waals surface area contributed by atoms with E-state index in [-0.39, 0.29) is 12.5 Å². The molecule has 1 rings (SSSR count). The Balaban J connectivity index is 2.06. The first-order valence-electron chi connectivity index (χ1n) is 37.6. The zero-order valence-electron chi connectivity index (χ0n) is 57.0. The molecule has 7 atom stereocenters. The molecule has 0 saturated carbocycles. The highest BCUT2D eigenvalue weighted by Gasteiger charge is 2.44. The number of hydrogen-bond donors (Lipinski definition) is 6. The Morgan fingerprint density at radius 1 is 0.402 bits per heavy atom. The zero-order valence-corrected chi connectivity index (χ0v) is 57.0. The van der Waals surface area contributed by atoms with Crippen LogP contribution in [0, 0.1) is 0 Å². The van der Waals surface area contributed by atoms with Gasteiger partial charge in [-0.1, -0.05) is 363 Å². The first-order chi connectivity index (χ1) is 42.8. The topological polar surface area (TPSA) is 149 Å². The molecular weight excluding hydrogens is 1080 g/mol. The Hall–Kier alpha value is -2.37. The summed E-state index contributed by atoms with van der Waals surface area (Å²) in [5.41, 5.74) is 0. The Labute approximate surface area is 538 Å². The number of unbranched alkanes of at least 4 members (excludes halogenated alkanes) is 44. The number of rotatable bonds is 66. The van der Waals surface area contributed by atoms with Gasteiger partial charge in [0.1, 0.15) is 24.4 Å². The van der Waals surface area contributed by atoms with Crippen molar-refractivity contribution in [3.63, 3.8) is 0 Å². The Morgan fingerprint density at radius 2 is 0.713 bits per heavy atom. The lowest BCUT2D eigenvalue weighted by atomic mass is 9.99. The second-order valence-corrected chi connectivity index (χ2v) is 26.1. The summed E-state index contributed by atoms with van der Waals surface area (Å²) in [4.78, 5) is 13.2. The predicted molar refractivity (Wildman–Crippen MR) is 373 cm³/mol. The number of hydrogen-bond acceptors (Lipinski definition) is 8. The van der Waals surface area contributed by atoms with Gasteiger partial charge in [-0.3, -0.25) is 4.79 Å². The van der Waals surface area contributed by atoms with Gasteiger partial charge in [-0.15, -0.1) is 0 Å². The summed E-state index contributed by atoms with van der Waals surface area (Å²) in [5.74, 6) is -0.138. The van der Waals surface area contributed by atoms with Crippen LogP contribution in [0.1, 0.15) is 361 Å². The van der Waals surface area contributed by atoms with Gasteiger partial charge in [0.05, 0.1) is 25.4 Å². The number of allylic oxidation sites excluding steroid dienone is 12. The predicted octanol–water partition coefficient (Wildman–Crippen LogP) is 21.1. The van der Waals surface area contributed by atoms with E-state index in [4.69, 9.17) is 9.47 Å². The number of amides is 1. The van der Waals surface area contributed by atoms with E-state index in [0.717, 1.165) is 77.0 Å². The van der Waals surface area contributed by atoms with Crippen molar-refractivity contribution >= 4 is 5.91 Å². The van der Waals surface area contributed by atoms with Gasteiger partial charge in [-0.05, 0) is 64.2 Å². The van der Waals surface area contributed by atoms with Crippen molar-refractivity contribution in [1.29, 1.82) is 0 Å². The minimum absolute atomic E-state index is 0.135. The Bertz CT molecular complexity index is 1610. The molecule has 508 valence electrons. The summed E-state index contributed by atoms with van der Waals surface area (Å²) in [6.07, 6.45) is 87.0. The summed E-state index contributed by atoms with van der Waals surface area (Å²) in [7, 11) is 0. The van der Waals surface area contributed by atoms with E-state index in [0.29, 0.717) is 12.8 Å².